The SMILES string of the molecule is CC(C)N(C)CCCNc1ncc(C(=O)O)cc1N. The first-order valence-electron chi connectivity index (χ1n) is 6.34. The Balaban J connectivity index is 2.44. The second-order valence-corrected chi connectivity index (χ2v) is 4.82. The van der Waals surface area contributed by atoms with Crippen molar-refractivity contribution in [3.63, 3.8) is 0 Å². The summed E-state index contributed by atoms with van der Waals surface area (Å²) in [5.41, 5.74) is 6.21. The smallest absolute Gasteiger partial charge is 0.337 e. The first-order chi connectivity index (χ1) is 8.91. The van der Waals surface area contributed by atoms with Crippen LogP contribution in [0.3, 0.4) is 0 Å². The van der Waals surface area contributed by atoms with Gasteiger partial charge in [-0.1, -0.05) is 0 Å². The molecule has 0 aliphatic heterocycles. The van der Waals surface area contributed by atoms with Crippen molar-refractivity contribution in [3.8, 4) is 0 Å². The van der Waals surface area contributed by atoms with Gasteiger partial charge in [-0.3, -0.25) is 0 Å². The summed E-state index contributed by atoms with van der Waals surface area (Å²) in [7, 11) is 2.08. The number of carboxylic acid groups (broad SMARTS) is 1. The molecule has 0 amide bonds. The maximum absolute atomic E-state index is 10.7. The molecule has 0 spiro atoms. The summed E-state index contributed by atoms with van der Waals surface area (Å²) < 4.78 is 0. The number of carboxylic acids is 1. The second kappa shape index (κ2) is 6.94. The number of anilines is 2. The standard InChI is InChI=1S/C13H22N4O2/c1-9(2)17(3)6-4-5-15-12-11(14)7-10(8-16-12)13(18)19/h7-9H,4-6,14H2,1-3H3,(H,15,16)(H,18,19). The van der Waals surface area contributed by atoms with Crippen molar-refractivity contribution in [3.05, 3.63) is 17.8 Å². The summed E-state index contributed by atoms with van der Waals surface area (Å²) in [5, 5.41) is 11.9. The Morgan fingerprint density at radius 2 is 2.26 bits per heavy atom. The Morgan fingerprint density at radius 3 is 2.79 bits per heavy atom. The number of aromatic nitrogens is 1. The number of rotatable bonds is 7. The molecule has 1 heterocycles. The van der Waals surface area contributed by atoms with Gasteiger partial charge in [0, 0.05) is 18.8 Å². The van der Waals surface area contributed by atoms with Crippen LogP contribution in [0.25, 0.3) is 0 Å². The number of hydrogen-bond donors (Lipinski definition) is 3. The minimum Gasteiger partial charge on any atom is -0.478 e. The highest BCUT2D eigenvalue weighted by molar-refractivity contribution is 5.89. The van der Waals surface area contributed by atoms with Gasteiger partial charge in [-0.2, -0.15) is 0 Å². The Bertz CT molecular complexity index is 435. The fourth-order valence-corrected chi connectivity index (χ4v) is 1.54. The number of aromatic carboxylic acids is 1. The summed E-state index contributed by atoms with van der Waals surface area (Å²) in [4.78, 5) is 17.0. The highest BCUT2D eigenvalue weighted by Crippen LogP contribution is 2.16. The molecule has 0 bridgehead atoms. The van der Waals surface area contributed by atoms with Gasteiger partial charge in [0.2, 0.25) is 0 Å². The highest BCUT2D eigenvalue weighted by Gasteiger charge is 2.07. The molecule has 6 heteroatoms. The molecule has 1 rings (SSSR count). The van der Waals surface area contributed by atoms with Crippen LogP contribution < -0.4 is 11.1 Å². The van der Waals surface area contributed by atoms with Crippen LogP contribution in [-0.4, -0.2) is 47.1 Å². The number of pyridine rings is 1. The van der Waals surface area contributed by atoms with Crippen LogP contribution in [0.15, 0.2) is 12.3 Å². The zero-order valence-electron chi connectivity index (χ0n) is 11.7. The summed E-state index contributed by atoms with van der Waals surface area (Å²) >= 11 is 0. The molecule has 0 unspecified atom stereocenters. The van der Waals surface area contributed by atoms with Crippen LogP contribution in [0, 0.1) is 0 Å². The molecule has 19 heavy (non-hydrogen) atoms. The fourth-order valence-electron chi connectivity index (χ4n) is 1.54. The van der Waals surface area contributed by atoms with Crippen LogP contribution in [0.1, 0.15) is 30.6 Å². The van der Waals surface area contributed by atoms with E-state index in [1.165, 1.54) is 12.3 Å². The third-order valence-electron chi connectivity index (χ3n) is 3.03. The molecule has 0 fully saturated rings. The number of carbonyl (C=O) groups is 1. The lowest BCUT2D eigenvalue weighted by molar-refractivity contribution is 0.0696. The van der Waals surface area contributed by atoms with Gasteiger partial charge in [-0.15, -0.1) is 0 Å². The summed E-state index contributed by atoms with van der Waals surface area (Å²) in [6.45, 7) is 6.04. The quantitative estimate of drug-likeness (QED) is 0.648. The molecule has 0 saturated heterocycles. The predicted molar refractivity (Wildman–Crippen MR) is 76.5 cm³/mol. The molecular formula is C13H22N4O2. The van der Waals surface area contributed by atoms with Gasteiger partial charge in [0.15, 0.2) is 0 Å². The van der Waals surface area contributed by atoms with E-state index in [1.54, 1.807) is 0 Å². The van der Waals surface area contributed by atoms with Crippen molar-refractivity contribution in [2.75, 3.05) is 31.2 Å². The molecular weight excluding hydrogens is 244 g/mol. The van der Waals surface area contributed by atoms with Gasteiger partial charge in [0.05, 0.1) is 11.3 Å². The average Bonchev–Trinajstić information content (AvgIpc) is 2.35. The van der Waals surface area contributed by atoms with Gasteiger partial charge >= 0.3 is 5.97 Å². The summed E-state index contributed by atoms with van der Waals surface area (Å²) in [5.74, 6) is -0.485. The predicted octanol–water partition coefficient (Wildman–Crippen LogP) is 1.50. The van der Waals surface area contributed by atoms with Crippen molar-refractivity contribution in [1.82, 2.24) is 9.88 Å². The Kier molecular flexibility index (Phi) is 5.57. The highest BCUT2D eigenvalue weighted by atomic mass is 16.4. The number of nitrogens with one attached hydrogen (secondary N) is 1. The number of hydrogen-bond acceptors (Lipinski definition) is 5. The third kappa shape index (κ3) is 4.75. The molecule has 0 radical (unpaired) electrons. The zero-order valence-corrected chi connectivity index (χ0v) is 11.7. The maximum Gasteiger partial charge on any atom is 0.337 e. The molecule has 106 valence electrons. The second-order valence-electron chi connectivity index (χ2n) is 4.82. The first-order valence-corrected chi connectivity index (χ1v) is 6.34. The van der Waals surface area contributed by atoms with E-state index in [2.05, 4.69) is 36.1 Å². The summed E-state index contributed by atoms with van der Waals surface area (Å²) in [6, 6.07) is 1.94. The average molecular weight is 266 g/mol. The van der Waals surface area contributed by atoms with Gasteiger partial charge in [-0.25, -0.2) is 9.78 Å². The molecule has 0 aliphatic carbocycles. The largest absolute Gasteiger partial charge is 0.478 e. The number of nitrogens with zero attached hydrogens (tertiary/aromatic N) is 2. The molecule has 0 aromatic carbocycles. The lowest BCUT2D eigenvalue weighted by atomic mass is 10.2. The Hall–Kier alpha value is -1.82. The van der Waals surface area contributed by atoms with Crippen LogP contribution >= 0.6 is 0 Å². The van der Waals surface area contributed by atoms with E-state index in [4.69, 9.17) is 10.8 Å². The van der Waals surface area contributed by atoms with E-state index in [0.29, 0.717) is 17.5 Å². The van der Waals surface area contributed by atoms with E-state index in [-0.39, 0.29) is 5.56 Å². The Morgan fingerprint density at radius 1 is 1.58 bits per heavy atom. The van der Waals surface area contributed by atoms with Crippen LogP contribution in [0.4, 0.5) is 11.5 Å². The lowest BCUT2D eigenvalue weighted by Crippen LogP contribution is -2.28. The number of nitrogens with two attached hydrogens (primary N) is 1. The maximum atomic E-state index is 10.7. The summed E-state index contributed by atoms with van der Waals surface area (Å²) in [6.07, 6.45) is 2.28. The van der Waals surface area contributed by atoms with Crippen molar-refractivity contribution >= 4 is 17.5 Å². The van der Waals surface area contributed by atoms with E-state index < -0.39 is 5.97 Å². The van der Waals surface area contributed by atoms with E-state index >= 15 is 0 Å². The molecule has 0 atom stereocenters. The van der Waals surface area contributed by atoms with E-state index in [1.807, 2.05) is 0 Å². The zero-order chi connectivity index (χ0) is 14.4. The normalized spacial score (nSPS) is 11.0. The Labute approximate surface area is 113 Å². The van der Waals surface area contributed by atoms with Crippen molar-refractivity contribution in [2.24, 2.45) is 0 Å². The topological polar surface area (TPSA) is 91.5 Å². The van der Waals surface area contributed by atoms with E-state index in [9.17, 15) is 4.79 Å². The molecule has 6 nitrogen and oxygen atoms in total. The lowest BCUT2D eigenvalue weighted by Gasteiger charge is -2.20. The van der Waals surface area contributed by atoms with Crippen molar-refractivity contribution in [2.45, 2.75) is 26.3 Å². The minimum atomic E-state index is -1.02. The van der Waals surface area contributed by atoms with Crippen LogP contribution in [-0.2, 0) is 0 Å². The number of nitrogen functional groups attached to an aromatic ring is 1. The molecule has 4 N–H and O–H groups in total. The van der Waals surface area contributed by atoms with Gasteiger partial charge in [0.1, 0.15) is 5.82 Å². The molecule has 0 aliphatic rings. The van der Waals surface area contributed by atoms with Crippen LogP contribution in [0.5, 0.6) is 0 Å². The fraction of sp³-hybridized carbons (Fsp3) is 0.538. The van der Waals surface area contributed by atoms with Gasteiger partial charge in [0.25, 0.3) is 0 Å². The molecule has 1 aromatic rings. The third-order valence-corrected chi connectivity index (χ3v) is 3.03. The molecule has 1 aromatic heterocycles. The van der Waals surface area contributed by atoms with Gasteiger partial charge < -0.3 is 21.1 Å². The van der Waals surface area contributed by atoms with Gasteiger partial charge in [-0.05, 0) is 39.9 Å². The monoisotopic (exact) mass is 266 g/mol. The minimum absolute atomic E-state index is 0.0996. The van der Waals surface area contributed by atoms with E-state index in [0.717, 1.165) is 19.5 Å². The van der Waals surface area contributed by atoms with Crippen molar-refractivity contribution < 1.29 is 9.90 Å². The van der Waals surface area contributed by atoms with Crippen molar-refractivity contribution in [1.29, 1.82) is 0 Å². The van der Waals surface area contributed by atoms with Crippen LogP contribution in [0.2, 0.25) is 0 Å². The molecule has 0 saturated carbocycles. The first kappa shape index (κ1) is 15.2.